The fraction of sp³-hybridized carbons (Fsp3) is 0.316. The molecule has 2 amide bonds. The van der Waals surface area contributed by atoms with Crippen LogP contribution in [0, 0.1) is 0 Å². The Bertz CT molecular complexity index is 908. The number of anilines is 1. The van der Waals surface area contributed by atoms with Crippen molar-refractivity contribution in [1.82, 2.24) is 10.3 Å². The molecule has 1 aliphatic rings. The largest absolute Gasteiger partial charge is 0.349 e. The number of amides is 2. The molecule has 2 N–H and O–H groups in total. The number of rotatable bonds is 4. The van der Waals surface area contributed by atoms with Crippen LogP contribution in [-0.4, -0.2) is 22.8 Å². The van der Waals surface area contributed by atoms with Gasteiger partial charge in [0, 0.05) is 6.04 Å². The Morgan fingerprint density at radius 3 is 2.65 bits per heavy atom. The highest BCUT2D eigenvalue weighted by Gasteiger charge is 2.21. The van der Waals surface area contributed by atoms with Gasteiger partial charge in [-0.1, -0.05) is 31.4 Å². The van der Waals surface area contributed by atoms with Gasteiger partial charge < -0.3 is 10.6 Å². The molecule has 7 heteroatoms. The van der Waals surface area contributed by atoms with Crippen LogP contribution < -0.4 is 10.6 Å². The van der Waals surface area contributed by atoms with Gasteiger partial charge in [0.15, 0.2) is 5.01 Å². The summed E-state index contributed by atoms with van der Waals surface area (Å²) in [4.78, 5) is 29.5. The number of nitrogens with zero attached hydrogens (tertiary/aromatic N) is 1. The maximum atomic E-state index is 12.6. The molecule has 0 unspecified atom stereocenters. The topological polar surface area (TPSA) is 71.1 Å². The van der Waals surface area contributed by atoms with E-state index in [-0.39, 0.29) is 17.9 Å². The highest BCUT2D eigenvalue weighted by molar-refractivity contribution is 7.20. The first kappa shape index (κ1) is 17.2. The summed E-state index contributed by atoms with van der Waals surface area (Å²) in [5.74, 6) is -0.391. The van der Waals surface area contributed by atoms with Crippen LogP contribution in [0.4, 0.5) is 5.00 Å². The molecule has 2 heterocycles. The van der Waals surface area contributed by atoms with Crippen molar-refractivity contribution < 1.29 is 9.59 Å². The minimum atomic E-state index is -0.277. The molecule has 1 saturated carbocycles. The summed E-state index contributed by atoms with van der Waals surface area (Å²) < 4.78 is 0.971. The molecule has 134 valence electrons. The van der Waals surface area contributed by atoms with Crippen molar-refractivity contribution in [2.45, 2.75) is 38.1 Å². The Kier molecular flexibility index (Phi) is 4.99. The highest BCUT2D eigenvalue weighted by Crippen LogP contribution is 2.27. The summed E-state index contributed by atoms with van der Waals surface area (Å²) in [6, 6.07) is 9.65. The number of aromatic nitrogens is 1. The van der Waals surface area contributed by atoms with Crippen molar-refractivity contribution in [3.8, 4) is 0 Å². The van der Waals surface area contributed by atoms with Crippen LogP contribution >= 0.6 is 22.7 Å². The van der Waals surface area contributed by atoms with Crippen LogP contribution in [0.25, 0.3) is 10.2 Å². The van der Waals surface area contributed by atoms with Crippen molar-refractivity contribution in [1.29, 1.82) is 0 Å². The van der Waals surface area contributed by atoms with Crippen LogP contribution in [0.5, 0.6) is 0 Å². The molecule has 26 heavy (non-hydrogen) atoms. The van der Waals surface area contributed by atoms with E-state index in [0.29, 0.717) is 15.6 Å². The molecule has 4 rings (SSSR count). The zero-order chi connectivity index (χ0) is 17.9. The molecule has 0 aliphatic heterocycles. The Labute approximate surface area is 159 Å². The predicted molar refractivity (Wildman–Crippen MR) is 106 cm³/mol. The fourth-order valence-electron chi connectivity index (χ4n) is 3.22. The van der Waals surface area contributed by atoms with Crippen molar-refractivity contribution in [2.24, 2.45) is 0 Å². The number of thiazole rings is 1. The highest BCUT2D eigenvalue weighted by atomic mass is 32.1. The number of carbonyl (C=O) groups is 2. The quantitative estimate of drug-likeness (QED) is 0.685. The number of benzene rings is 1. The summed E-state index contributed by atoms with van der Waals surface area (Å²) in [7, 11) is 0. The molecule has 1 aromatic carbocycles. The number of fused-ring (bicyclic) bond motifs is 1. The number of hydrogen-bond donors (Lipinski definition) is 2. The van der Waals surface area contributed by atoms with Crippen LogP contribution in [0.3, 0.4) is 0 Å². The predicted octanol–water partition coefficient (Wildman–Crippen LogP) is 4.67. The van der Waals surface area contributed by atoms with Crippen molar-refractivity contribution in [3.05, 3.63) is 46.3 Å². The monoisotopic (exact) mass is 385 g/mol. The minimum absolute atomic E-state index is 0.113. The Balaban J connectivity index is 1.47. The Hall–Kier alpha value is -2.25. The van der Waals surface area contributed by atoms with Gasteiger partial charge in [-0.3, -0.25) is 9.59 Å². The lowest BCUT2D eigenvalue weighted by atomic mass is 9.95. The molecule has 2 aromatic heterocycles. The lowest BCUT2D eigenvalue weighted by Gasteiger charge is -2.22. The summed E-state index contributed by atoms with van der Waals surface area (Å²) in [6.45, 7) is 0. The van der Waals surface area contributed by atoms with Gasteiger partial charge in [0.05, 0.1) is 15.8 Å². The van der Waals surface area contributed by atoms with Gasteiger partial charge in [0.25, 0.3) is 11.8 Å². The van der Waals surface area contributed by atoms with Crippen molar-refractivity contribution in [3.63, 3.8) is 0 Å². The fourth-order valence-corrected chi connectivity index (χ4v) is 4.86. The molecule has 0 radical (unpaired) electrons. The molecular formula is C19H19N3O2S2. The number of para-hydroxylation sites is 1. The van der Waals surface area contributed by atoms with E-state index in [1.54, 1.807) is 6.07 Å². The third-order valence-electron chi connectivity index (χ3n) is 4.57. The van der Waals surface area contributed by atoms with Gasteiger partial charge in [-0.25, -0.2) is 4.98 Å². The van der Waals surface area contributed by atoms with Crippen LogP contribution in [0.2, 0.25) is 0 Å². The lowest BCUT2D eigenvalue weighted by Crippen LogP contribution is -2.36. The number of thiophene rings is 1. The molecule has 1 fully saturated rings. The van der Waals surface area contributed by atoms with E-state index in [1.807, 2.05) is 29.6 Å². The second kappa shape index (κ2) is 7.55. The normalized spacial score (nSPS) is 15.1. The van der Waals surface area contributed by atoms with E-state index >= 15 is 0 Å². The van der Waals surface area contributed by atoms with E-state index in [4.69, 9.17) is 0 Å². The van der Waals surface area contributed by atoms with Crippen molar-refractivity contribution >= 4 is 49.7 Å². The molecule has 0 atom stereocenters. The Morgan fingerprint density at radius 1 is 1.04 bits per heavy atom. The van der Waals surface area contributed by atoms with Gasteiger partial charge in [-0.15, -0.1) is 22.7 Å². The van der Waals surface area contributed by atoms with Crippen LogP contribution in [-0.2, 0) is 0 Å². The second-order valence-corrected chi connectivity index (χ2v) is 8.36. The molecule has 5 nitrogen and oxygen atoms in total. The van der Waals surface area contributed by atoms with Gasteiger partial charge in [0.1, 0.15) is 5.00 Å². The molecule has 0 spiro atoms. The average molecular weight is 386 g/mol. The van der Waals surface area contributed by atoms with E-state index < -0.39 is 0 Å². The van der Waals surface area contributed by atoms with Gasteiger partial charge >= 0.3 is 0 Å². The van der Waals surface area contributed by atoms with Crippen molar-refractivity contribution in [2.75, 3.05) is 5.32 Å². The van der Waals surface area contributed by atoms with E-state index in [2.05, 4.69) is 15.6 Å². The molecule has 0 bridgehead atoms. The van der Waals surface area contributed by atoms with E-state index in [9.17, 15) is 9.59 Å². The first-order chi connectivity index (χ1) is 12.7. The summed E-state index contributed by atoms with van der Waals surface area (Å²) >= 11 is 2.70. The van der Waals surface area contributed by atoms with Crippen LogP contribution in [0.15, 0.2) is 35.7 Å². The first-order valence-corrected chi connectivity index (χ1v) is 10.5. The minimum Gasteiger partial charge on any atom is -0.349 e. The Morgan fingerprint density at radius 2 is 1.85 bits per heavy atom. The SMILES string of the molecule is O=C(Nc1sccc1C(=O)NC1CCCCC1)c1nc2ccccc2s1. The van der Waals surface area contributed by atoms with Gasteiger partial charge in [0.2, 0.25) is 0 Å². The smallest absolute Gasteiger partial charge is 0.285 e. The number of hydrogen-bond acceptors (Lipinski definition) is 5. The van der Waals surface area contributed by atoms with Gasteiger partial charge in [-0.2, -0.15) is 0 Å². The standard InChI is InChI=1S/C19H19N3O2S2/c23-16(20-12-6-2-1-3-7-12)13-10-11-25-18(13)22-17(24)19-21-14-8-4-5-9-15(14)26-19/h4-5,8-12H,1-3,6-7H2,(H,20,23)(H,22,24). The molecular weight excluding hydrogens is 366 g/mol. The lowest BCUT2D eigenvalue weighted by molar-refractivity contribution is 0.0929. The average Bonchev–Trinajstić information content (AvgIpc) is 3.29. The van der Waals surface area contributed by atoms with Crippen LogP contribution in [0.1, 0.15) is 52.3 Å². The molecule has 1 aliphatic carbocycles. The van der Waals surface area contributed by atoms with E-state index in [0.717, 1.165) is 35.9 Å². The summed E-state index contributed by atoms with van der Waals surface area (Å²) in [5, 5.41) is 8.75. The maximum absolute atomic E-state index is 12.6. The number of carbonyl (C=O) groups excluding carboxylic acids is 2. The second-order valence-electron chi connectivity index (χ2n) is 6.41. The first-order valence-electron chi connectivity index (χ1n) is 8.76. The number of nitrogens with one attached hydrogen (secondary N) is 2. The van der Waals surface area contributed by atoms with E-state index in [1.165, 1.54) is 29.1 Å². The molecule has 0 saturated heterocycles. The maximum Gasteiger partial charge on any atom is 0.285 e. The molecule has 3 aromatic rings. The zero-order valence-corrected chi connectivity index (χ0v) is 15.8. The third kappa shape index (κ3) is 3.64. The third-order valence-corrected chi connectivity index (χ3v) is 6.43. The summed E-state index contributed by atoms with van der Waals surface area (Å²) in [6.07, 6.45) is 5.63. The summed E-state index contributed by atoms with van der Waals surface area (Å²) in [5.41, 5.74) is 1.33. The zero-order valence-electron chi connectivity index (χ0n) is 14.2. The van der Waals surface area contributed by atoms with Gasteiger partial charge in [-0.05, 0) is 36.4 Å².